The fourth-order valence-corrected chi connectivity index (χ4v) is 2.76. The van der Waals surface area contributed by atoms with E-state index in [9.17, 15) is 9.90 Å². The number of hydrogen-bond acceptors (Lipinski definition) is 4. The Kier molecular flexibility index (Phi) is 7.10. The van der Waals surface area contributed by atoms with E-state index in [-0.39, 0.29) is 5.54 Å². The highest BCUT2D eigenvalue weighted by Gasteiger charge is 2.32. The van der Waals surface area contributed by atoms with E-state index in [1.807, 2.05) is 0 Å². The van der Waals surface area contributed by atoms with E-state index in [1.54, 1.807) is 6.92 Å². The van der Waals surface area contributed by atoms with Gasteiger partial charge in [-0.3, -0.25) is 9.69 Å². The molecule has 1 heterocycles. The van der Waals surface area contributed by atoms with Crippen molar-refractivity contribution in [1.29, 1.82) is 0 Å². The van der Waals surface area contributed by atoms with Crippen molar-refractivity contribution in [1.82, 2.24) is 10.2 Å². The van der Waals surface area contributed by atoms with E-state index < -0.39 is 11.5 Å². The first-order chi connectivity index (χ1) is 9.82. The first-order valence-corrected chi connectivity index (χ1v) is 8.13. The number of carboxylic acid groups (broad SMARTS) is 1. The fourth-order valence-electron chi connectivity index (χ4n) is 2.76. The number of hydrogen-bond donors (Lipinski definition) is 2. The number of aliphatic carboxylic acids is 1. The molecule has 2 N–H and O–H groups in total. The molecule has 1 fully saturated rings. The molecule has 1 aliphatic heterocycles. The monoisotopic (exact) mass is 300 g/mol. The minimum atomic E-state index is -0.795. The van der Waals surface area contributed by atoms with Gasteiger partial charge in [-0.25, -0.2) is 0 Å². The van der Waals surface area contributed by atoms with E-state index in [1.165, 1.54) is 0 Å². The van der Waals surface area contributed by atoms with Crippen molar-refractivity contribution in [2.24, 2.45) is 0 Å². The van der Waals surface area contributed by atoms with Gasteiger partial charge >= 0.3 is 5.97 Å². The second-order valence-electron chi connectivity index (χ2n) is 6.87. The summed E-state index contributed by atoms with van der Waals surface area (Å²) in [4.78, 5) is 13.9. The van der Waals surface area contributed by atoms with Crippen molar-refractivity contribution in [2.75, 3.05) is 32.8 Å². The minimum absolute atomic E-state index is 0.0921. The largest absolute Gasteiger partial charge is 0.480 e. The van der Waals surface area contributed by atoms with Gasteiger partial charge < -0.3 is 15.2 Å². The molecule has 0 spiro atoms. The Bertz CT molecular complexity index is 333. The average Bonchev–Trinajstić information content (AvgIpc) is 2.42. The first-order valence-electron chi connectivity index (χ1n) is 8.13. The zero-order chi connectivity index (χ0) is 15.9. The summed E-state index contributed by atoms with van der Waals surface area (Å²) in [6, 6.07) is 0. The standard InChI is InChI=1S/C16H32N2O3/c1-5-9-17-16(4,14(19)20)8-6-7-10-18-11-12-21-13-15(18,2)3/h17H,5-13H2,1-4H3,(H,19,20). The van der Waals surface area contributed by atoms with Crippen LogP contribution in [0.15, 0.2) is 0 Å². The molecule has 1 saturated heterocycles. The maximum atomic E-state index is 11.4. The molecule has 0 radical (unpaired) electrons. The summed E-state index contributed by atoms with van der Waals surface area (Å²) in [7, 11) is 0. The summed E-state index contributed by atoms with van der Waals surface area (Å²) in [5.41, 5.74) is -0.703. The van der Waals surface area contributed by atoms with Crippen molar-refractivity contribution < 1.29 is 14.6 Å². The number of carbonyl (C=O) groups is 1. The van der Waals surface area contributed by atoms with E-state index in [2.05, 4.69) is 31.0 Å². The average molecular weight is 300 g/mol. The van der Waals surface area contributed by atoms with E-state index in [4.69, 9.17) is 4.74 Å². The van der Waals surface area contributed by atoms with E-state index in [0.29, 0.717) is 6.42 Å². The third-order valence-corrected chi connectivity index (χ3v) is 4.41. The molecule has 0 amide bonds. The molecule has 0 bridgehead atoms. The van der Waals surface area contributed by atoms with Crippen molar-refractivity contribution in [3.8, 4) is 0 Å². The van der Waals surface area contributed by atoms with Crippen molar-refractivity contribution >= 4 is 5.97 Å². The maximum absolute atomic E-state index is 11.4. The predicted octanol–water partition coefficient (Wildman–Crippen LogP) is 2.11. The highest BCUT2D eigenvalue weighted by atomic mass is 16.5. The lowest BCUT2D eigenvalue weighted by molar-refractivity contribution is -0.144. The Balaban J connectivity index is 2.35. The summed E-state index contributed by atoms with van der Waals surface area (Å²) in [5, 5.41) is 12.6. The van der Waals surface area contributed by atoms with Gasteiger partial charge in [0.25, 0.3) is 0 Å². The summed E-state index contributed by atoms with van der Waals surface area (Å²) in [6.07, 6.45) is 3.57. The van der Waals surface area contributed by atoms with Crippen LogP contribution < -0.4 is 5.32 Å². The summed E-state index contributed by atoms with van der Waals surface area (Å²) >= 11 is 0. The van der Waals surface area contributed by atoms with Gasteiger partial charge in [0.15, 0.2) is 0 Å². The molecule has 5 nitrogen and oxygen atoms in total. The highest BCUT2D eigenvalue weighted by Crippen LogP contribution is 2.21. The number of ether oxygens (including phenoxy) is 1. The van der Waals surface area contributed by atoms with Crippen LogP contribution in [0.25, 0.3) is 0 Å². The maximum Gasteiger partial charge on any atom is 0.323 e. The van der Waals surface area contributed by atoms with Crippen LogP contribution in [0.2, 0.25) is 0 Å². The molecule has 0 aromatic carbocycles. The molecule has 0 aromatic heterocycles. The number of morpholine rings is 1. The molecule has 1 aliphatic rings. The van der Waals surface area contributed by atoms with Gasteiger partial charge in [-0.15, -0.1) is 0 Å². The van der Waals surface area contributed by atoms with Crippen molar-refractivity contribution in [3.63, 3.8) is 0 Å². The molecule has 21 heavy (non-hydrogen) atoms. The van der Waals surface area contributed by atoms with Crippen molar-refractivity contribution in [3.05, 3.63) is 0 Å². The van der Waals surface area contributed by atoms with Crippen LogP contribution in [0.4, 0.5) is 0 Å². The summed E-state index contributed by atoms with van der Waals surface area (Å²) in [5.74, 6) is -0.748. The number of nitrogens with zero attached hydrogens (tertiary/aromatic N) is 1. The second kappa shape index (κ2) is 8.11. The zero-order valence-electron chi connectivity index (χ0n) is 14.1. The third kappa shape index (κ3) is 5.57. The molecule has 5 heteroatoms. The quantitative estimate of drug-likeness (QED) is 0.639. The summed E-state index contributed by atoms with van der Waals surface area (Å²) < 4.78 is 5.52. The highest BCUT2D eigenvalue weighted by molar-refractivity contribution is 5.78. The SMILES string of the molecule is CCCNC(C)(CCCCN1CCOCC1(C)C)C(=O)O. The predicted molar refractivity (Wildman–Crippen MR) is 84.7 cm³/mol. The fraction of sp³-hybridized carbons (Fsp3) is 0.938. The van der Waals surface area contributed by atoms with Gasteiger partial charge in [0, 0.05) is 12.1 Å². The summed E-state index contributed by atoms with van der Waals surface area (Å²) in [6.45, 7) is 12.6. The minimum Gasteiger partial charge on any atom is -0.480 e. The molecule has 1 unspecified atom stereocenters. The number of carboxylic acids is 1. The Hall–Kier alpha value is -0.650. The molecule has 1 rings (SSSR count). The zero-order valence-corrected chi connectivity index (χ0v) is 14.1. The van der Waals surface area contributed by atoms with Crippen molar-refractivity contribution in [2.45, 2.75) is 64.5 Å². The van der Waals surface area contributed by atoms with Crippen LogP contribution in [0.1, 0.15) is 53.4 Å². The lowest BCUT2D eigenvalue weighted by Gasteiger charge is -2.42. The van der Waals surface area contributed by atoms with Crippen LogP contribution in [-0.2, 0) is 9.53 Å². The Morgan fingerprint density at radius 2 is 2.14 bits per heavy atom. The van der Waals surface area contributed by atoms with Gasteiger partial charge in [-0.05, 0) is 59.5 Å². The lowest BCUT2D eigenvalue weighted by Crippen LogP contribution is -2.53. The second-order valence-corrected chi connectivity index (χ2v) is 6.87. The number of unbranched alkanes of at least 4 members (excludes halogenated alkanes) is 1. The van der Waals surface area contributed by atoms with Gasteiger partial charge in [0.05, 0.1) is 13.2 Å². The lowest BCUT2D eigenvalue weighted by atomic mass is 9.94. The Morgan fingerprint density at radius 3 is 2.71 bits per heavy atom. The van der Waals surface area contributed by atoms with Crippen LogP contribution in [-0.4, -0.2) is 59.9 Å². The van der Waals surface area contributed by atoms with E-state index >= 15 is 0 Å². The number of nitrogens with one attached hydrogen (secondary N) is 1. The molecule has 0 aromatic rings. The van der Waals surface area contributed by atoms with Gasteiger partial charge in [0.1, 0.15) is 5.54 Å². The molecule has 1 atom stereocenters. The Labute approximate surface area is 129 Å². The molecular formula is C16H32N2O3. The topological polar surface area (TPSA) is 61.8 Å². The van der Waals surface area contributed by atoms with E-state index in [0.717, 1.165) is 52.1 Å². The van der Waals surface area contributed by atoms with Gasteiger partial charge in [-0.2, -0.15) is 0 Å². The Morgan fingerprint density at radius 1 is 1.43 bits per heavy atom. The number of rotatable bonds is 9. The molecule has 0 aliphatic carbocycles. The molecule has 124 valence electrons. The first kappa shape index (κ1) is 18.4. The van der Waals surface area contributed by atoms with Crippen LogP contribution in [0, 0.1) is 0 Å². The van der Waals surface area contributed by atoms with Gasteiger partial charge in [-0.1, -0.05) is 6.92 Å². The third-order valence-electron chi connectivity index (χ3n) is 4.41. The molecular weight excluding hydrogens is 268 g/mol. The molecule has 0 saturated carbocycles. The van der Waals surface area contributed by atoms with Crippen LogP contribution >= 0.6 is 0 Å². The van der Waals surface area contributed by atoms with Crippen LogP contribution in [0.5, 0.6) is 0 Å². The van der Waals surface area contributed by atoms with Gasteiger partial charge in [0.2, 0.25) is 0 Å². The normalized spacial score (nSPS) is 21.9. The smallest absolute Gasteiger partial charge is 0.323 e. The van der Waals surface area contributed by atoms with Crippen LogP contribution in [0.3, 0.4) is 0 Å².